The minimum atomic E-state index is -0.775. The largest absolute Gasteiger partial charge is 0.492 e. The molecule has 2 heterocycles. The summed E-state index contributed by atoms with van der Waals surface area (Å²) in [6.45, 7) is 0.414. The number of carbonyl (C=O) groups is 2. The van der Waals surface area contributed by atoms with Crippen LogP contribution in [-0.4, -0.2) is 30.6 Å². The lowest BCUT2D eigenvalue weighted by Gasteiger charge is -2.27. The number of rotatable bonds is 3. The van der Waals surface area contributed by atoms with Crippen molar-refractivity contribution in [3.05, 3.63) is 52.4 Å². The molecule has 0 aliphatic carbocycles. The molecule has 1 aliphatic rings. The third kappa shape index (κ3) is 3.70. The number of halogens is 2. The third-order valence-corrected chi connectivity index (χ3v) is 4.16. The molecule has 136 valence electrons. The lowest BCUT2D eigenvalue weighted by molar-refractivity contribution is 0.0953. The lowest BCUT2D eigenvalue weighted by Crippen LogP contribution is -2.35. The van der Waals surface area contributed by atoms with Crippen LogP contribution in [0.15, 0.2) is 30.3 Å². The van der Waals surface area contributed by atoms with Gasteiger partial charge in [0.1, 0.15) is 11.6 Å². The number of anilines is 1. The Hall–Kier alpha value is -2.87. The normalized spacial score (nSPS) is 15.4. The summed E-state index contributed by atoms with van der Waals surface area (Å²) in [7, 11) is 1.37. The summed E-state index contributed by atoms with van der Waals surface area (Å²) >= 11 is 6.11. The zero-order valence-corrected chi connectivity index (χ0v) is 14.6. The van der Waals surface area contributed by atoms with Crippen molar-refractivity contribution < 1.29 is 18.7 Å². The van der Waals surface area contributed by atoms with Crippen LogP contribution in [0.25, 0.3) is 0 Å². The van der Waals surface area contributed by atoms with E-state index in [1.54, 1.807) is 12.1 Å². The molecule has 0 saturated carbocycles. The maximum atomic E-state index is 13.6. The van der Waals surface area contributed by atoms with Gasteiger partial charge in [-0.05, 0) is 18.2 Å². The number of fused-ring (bicyclic) bond motifs is 1. The van der Waals surface area contributed by atoms with Crippen molar-refractivity contribution in [1.82, 2.24) is 15.6 Å². The van der Waals surface area contributed by atoms with E-state index in [9.17, 15) is 14.0 Å². The van der Waals surface area contributed by atoms with Crippen LogP contribution in [0, 0.1) is 5.82 Å². The SMILES string of the molecule is CNC(=O)c1nc(NC(=O)N[C@H]2CCOc3c(Cl)cccc32)ccc1F. The molecule has 0 spiro atoms. The number of hydrogen-bond acceptors (Lipinski definition) is 4. The predicted octanol–water partition coefficient (Wildman–Crippen LogP) is 2.88. The van der Waals surface area contributed by atoms with Crippen molar-refractivity contribution in [2.24, 2.45) is 0 Å². The fourth-order valence-electron chi connectivity index (χ4n) is 2.64. The average Bonchev–Trinajstić information content (AvgIpc) is 2.63. The maximum Gasteiger partial charge on any atom is 0.320 e. The van der Waals surface area contributed by atoms with Gasteiger partial charge in [0, 0.05) is 19.0 Å². The van der Waals surface area contributed by atoms with E-state index in [4.69, 9.17) is 16.3 Å². The Morgan fingerprint density at radius 3 is 2.88 bits per heavy atom. The smallest absolute Gasteiger partial charge is 0.320 e. The van der Waals surface area contributed by atoms with Gasteiger partial charge in [-0.15, -0.1) is 0 Å². The second-order valence-corrected chi connectivity index (χ2v) is 5.96. The summed E-state index contributed by atoms with van der Waals surface area (Å²) in [5.74, 6) is -0.851. The van der Waals surface area contributed by atoms with E-state index >= 15 is 0 Å². The highest BCUT2D eigenvalue weighted by Crippen LogP contribution is 2.37. The van der Waals surface area contributed by atoms with Crippen LogP contribution in [0.4, 0.5) is 15.0 Å². The Balaban J connectivity index is 1.73. The number of nitrogens with zero attached hydrogens (tertiary/aromatic N) is 1. The van der Waals surface area contributed by atoms with Crippen LogP contribution in [0.3, 0.4) is 0 Å². The molecule has 0 radical (unpaired) electrons. The minimum absolute atomic E-state index is 0.0564. The van der Waals surface area contributed by atoms with Gasteiger partial charge < -0.3 is 15.4 Å². The molecule has 0 unspecified atom stereocenters. The third-order valence-electron chi connectivity index (χ3n) is 3.86. The summed E-state index contributed by atoms with van der Waals surface area (Å²) < 4.78 is 19.2. The number of hydrogen-bond donors (Lipinski definition) is 3. The second-order valence-electron chi connectivity index (χ2n) is 5.55. The van der Waals surface area contributed by atoms with Crippen molar-refractivity contribution in [1.29, 1.82) is 0 Å². The fourth-order valence-corrected chi connectivity index (χ4v) is 2.87. The highest BCUT2D eigenvalue weighted by molar-refractivity contribution is 6.32. The predicted molar refractivity (Wildman–Crippen MR) is 94.0 cm³/mol. The number of ether oxygens (including phenoxy) is 1. The highest BCUT2D eigenvalue weighted by Gasteiger charge is 2.25. The minimum Gasteiger partial charge on any atom is -0.492 e. The summed E-state index contributed by atoms with van der Waals surface area (Å²) in [6.07, 6.45) is 0.571. The zero-order chi connectivity index (χ0) is 18.7. The van der Waals surface area contributed by atoms with Crippen LogP contribution >= 0.6 is 11.6 Å². The number of carbonyl (C=O) groups excluding carboxylic acids is 2. The molecule has 0 saturated heterocycles. The number of nitrogens with one attached hydrogen (secondary N) is 3. The van der Waals surface area contributed by atoms with Crippen LogP contribution in [0.5, 0.6) is 5.75 Å². The molecule has 0 bridgehead atoms. The Labute approximate surface area is 153 Å². The van der Waals surface area contributed by atoms with Gasteiger partial charge in [0.15, 0.2) is 11.5 Å². The standard InChI is InChI=1S/C17H16ClFN4O3/c1-20-16(24)14-11(19)5-6-13(22-14)23-17(25)21-12-7-8-26-15-9(12)3-2-4-10(15)18/h2-6,12H,7-8H2,1H3,(H,20,24)(H2,21,22,23,25)/t12-/m0/s1. The number of aromatic nitrogens is 1. The molecule has 3 amide bonds. The van der Waals surface area contributed by atoms with Gasteiger partial charge in [-0.3, -0.25) is 10.1 Å². The number of amides is 3. The highest BCUT2D eigenvalue weighted by atomic mass is 35.5. The molecule has 9 heteroatoms. The van der Waals surface area contributed by atoms with Gasteiger partial charge in [0.05, 0.1) is 17.7 Å². The molecule has 7 nitrogen and oxygen atoms in total. The van der Waals surface area contributed by atoms with Crippen LogP contribution in [0.1, 0.15) is 28.5 Å². The van der Waals surface area contributed by atoms with Gasteiger partial charge in [-0.2, -0.15) is 0 Å². The second kappa shape index (κ2) is 7.57. The van der Waals surface area contributed by atoms with E-state index in [0.29, 0.717) is 23.8 Å². The average molecular weight is 379 g/mol. The van der Waals surface area contributed by atoms with Crippen LogP contribution < -0.4 is 20.7 Å². The Morgan fingerprint density at radius 1 is 1.31 bits per heavy atom. The first-order chi connectivity index (χ1) is 12.5. The molecule has 3 N–H and O–H groups in total. The topological polar surface area (TPSA) is 92.4 Å². The zero-order valence-electron chi connectivity index (χ0n) is 13.8. The molecular formula is C17H16ClFN4O3. The molecule has 1 atom stereocenters. The van der Waals surface area contributed by atoms with Crippen molar-refractivity contribution in [2.75, 3.05) is 19.0 Å². The molecule has 1 aliphatic heterocycles. The van der Waals surface area contributed by atoms with Gasteiger partial charge in [-0.1, -0.05) is 23.7 Å². The summed E-state index contributed by atoms with van der Waals surface area (Å²) in [6, 6.07) is 6.82. The Kier molecular flexibility index (Phi) is 5.22. The first kappa shape index (κ1) is 17.9. The van der Waals surface area contributed by atoms with Gasteiger partial charge in [-0.25, -0.2) is 14.2 Å². The maximum absolute atomic E-state index is 13.6. The van der Waals surface area contributed by atoms with Crippen LogP contribution in [-0.2, 0) is 0 Å². The summed E-state index contributed by atoms with van der Waals surface area (Å²) in [4.78, 5) is 27.7. The van der Waals surface area contributed by atoms with Crippen molar-refractivity contribution in [2.45, 2.75) is 12.5 Å². The molecule has 3 rings (SSSR count). The van der Waals surface area contributed by atoms with Gasteiger partial charge in [0.2, 0.25) is 0 Å². The number of benzene rings is 1. The lowest BCUT2D eigenvalue weighted by atomic mass is 10.0. The van der Waals surface area contributed by atoms with E-state index in [0.717, 1.165) is 11.6 Å². The van der Waals surface area contributed by atoms with Crippen molar-refractivity contribution >= 4 is 29.4 Å². The first-order valence-electron chi connectivity index (χ1n) is 7.87. The van der Waals surface area contributed by atoms with E-state index in [2.05, 4.69) is 20.9 Å². The van der Waals surface area contributed by atoms with Crippen LogP contribution in [0.2, 0.25) is 5.02 Å². The van der Waals surface area contributed by atoms with Gasteiger partial charge in [0.25, 0.3) is 5.91 Å². The summed E-state index contributed by atoms with van der Waals surface area (Å²) in [5, 5.41) is 8.07. The van der Waals surface area contributed by atoms with Crippen molar-refractivity contribution in [3.8, 4) is 5.75 Å². The molecular weight excluding hydrogens is 363 g/mol. The van der Waals surface area contributed by atoms with E-state index < -0.39 is 23.4 Å². The molecule has 2 aromatic rings. The fraction of sp³-hybridized carbons (Fsp3) is 0.235. The van der Waals surface area contributed by atoms with Gasteiger partial charge >= 0.3 is 6.03 Å². The quantitative estimate of drug-likeness (QED) is 0.765. The molecule has 1 aromatic heterocycles. The molecule has 1 aromatic carbocycles. The van der Waals surface area contributed by atoms with E-state index in [-0.39, 0.29) is 11.9 Å². The van der Waals surface area contributed by atoms with E-state index in [1.165, 1.54) is 13.1 Å². The number of pyridine rings is 1. The molecule has 26 heavy (non-hydrogen) atoms. The monoisotopic (exact) mass is 378 g/mol. The Morgan fingerprint density at radius 2 is 2.12 bits per heavy atom. The Bertz CT molecular complexity index is 862. The summed E-state index contributed by atoms with van der Waals surface area (Å²) in [5.41, 5.74) is 0.380. The van der Waals surface area contributed by atoms with Crippen molar-refractivity contribution in [3.63, 3.8) is 0 Å². The number of urea groups is 1. The first-order valence-corrected chi connectivity index (χ1v) is 8.24. The molecule has 0 fully saturated rings. The van der Waals surface area contributed by atoms with E-state index in [1.807, 2.05) is 6.07 Å². The number of para-hydroxylation sites is 1.